The molecule has 2 heterocycles. The number of nitrogens with zero attached hydrogens (tertiary/aromatic N) is 1. The van der Waals surface area contributed by atoms with E-state index in [1.54, 1.807) is 12.5 Å². The predicted octanol–water partition coefficient (Wildman–Crippen LogP) is 0.818. The molecule has 0 N–H and O–H groups in total. The summed E-state index contributed by atoms with van der Waals surface area (Å²) in [6, 6.07) is 1.96. The van der Waals surface area contributed by atoms with Crippen molar-refractivity contribution in [3.8, 4) is 0 Å². The van der Waals surface area contributed by atoms with Gasteiger partial charge in [-0.2, -0.15) is 0 Å². The van der Waals surface area contributed by atoms with Crippen molar-refractivity contribution in [2.45, 2.75) is 13.3 Å². The molecule has 1 aromatic rings. The van der Waals surface area contributed by atoms with Crippen LogP contribution < -0.4 is 10.6 Å². The van der Waals surface area contributed by atoms with Gasteiger partial charge in [-0.15, -0.1) is 0 Å². The molecule has 0 saturated heterocycles. The van der Waals surface area contributed by atoms with Crippen LogP contribution in [0.3, 0.4) is 0 Å². The van der Waals surface area contributed by atoms with E-state index in [0.29, 0.717) is 0 Å². The van der Waals surface area contributed by atoms with E-state index in [2.05, 4.69) is 17.8 Å². The molecule has 1 aromatic heterocycles. The first-order valence-corrected chi connectivity index (χ1v) is 3.97. The van der Waals surface area contributed by atoms with Gasteiger partial charge in [0.2, 0.25) is 0 Å². The lowest BCUT2D eigenvalue weighted by Gasteiger charge is -1.89. The van der Waals surface area contributed by atoms with Gasteiger partial charge in [-0.1, -0.05) is 6.92 Å². The third-order valence-corrected chi connectivity index (χ3v) is 1.92. The summed E-state index contributed by atoms with van der Waals surface area (Å²) < 4.78 is 5.24. The lowest BCUT2D eigenvalue weighted by atomic mass is 10.1. The fourth-order valence-electron chi connectivity index (χ4n) is 1.27. The summed E-state index contributed by atoms with van der Waals surface area (Å²) >= 11 is 0. The number of rotatable bonds is 1. The molecule has 0 unspecified atom stereocenters. The fourth-order valence-corrected chi connectivity index (χ4v) is 1.27. The SMILES string of the molecule is CCC1=c2ccoc2=CN=C=C1. The first kappa shape index (κ1) is 7.14. The molecule has 12 heavy (non-hydrogen) atoms. The summed E-state index contributed by atoms with van der Waals surface area (Å²) in [5.74, 6) is 2.83. The van der Waals surface area contributed by atoms with E-state index in [0.717, 1.165) is 17.1 Å². The third-order valence-electron chi connectivity index (χ3n) is 1.92. The van der Waals surface area contributed by atoms with Gasteiger partial charge >= 0.3 is 0 Å². The smallest absolute Gasteiger partial charge is 0.153 e. The van der Waals surface area contributed by atoms with Gasteiger partial charge < -0.3 is 4.42 Å². The Morgan fingerprint density at radius 3 is 3.33 bits per heavy atom. The topological polar surface area (TPSA) is 25.5 Å². The van der Waals surface area contributed by atoms with Crippen molar-refractivity contribution < 1.29 is 4.42 Å². The number of aliphatic imine (C=N–C) groups is 1. The molecule has 1 aliphatic rings. The van der Waals surface area contributed by atoms with Crippen LogP contribution >= 0.6 is 0 Å². The van der Waals surface area contributed by atoms with Gasteiger partial charge in [0.05, 0.1) is 12.5 Å². The second-order valence-corrected chi connectivity index (χ2v) is 2.61. The number of allylic oxidation sites excluding steroid dienone is 1. The van der Waals surface area contributed by atoms with Crippen molar-refractivity contribution in [3.05, 3.63) is 29.0 Å². The van der Waals surface area contributed by atoms with Crippen LogP contribution in [0.5, 0.6) is 0 Å². The summed E-state index contributed by atoms with van der Waals surface area (Å²) in [5.41, 5.74) is 2.05. The van der Waals surface area contributed by atoms with Gasteiger partial charge in [-0.25, -0.2) is 4.99 Å². The Kier molecular flexibility index (Phi) is 1.69. The lowest BCUT2D eigenvalue weighted by molar-refractivity contribution is 0.530. The van der Waals surface area contributed by atoms with Crippen LogP contribution in [0, 0.1) is 0 Å². The minimum absolute atomic E-state index is 0.827. The highest BCUT2D eigenvalue weighted by Gasteiger charge is 1.96. The minimum Gasteiger partial charge on any atom is -0.463 e. The van der Waals surface area contributed by atoms with Gasteiger partial charge in [0.15, 0.2) is 5.42 Å². The number of fused-ring (bicyclic) bond motifs is 1. The van der Waals surface area contributed by atoms with Crippen molar-refractivity contribution in [2.75, 3.05) is 0 Å². The van der Waals surface area contributed by atoms with Crippen molar-refractivity contribution in [3.63, 3.8) is 0 Å². The Morgan fingerprint density at radius 2 is 2.50 bits per heavy atom. The Bertz CT molecular complexity index is 458. The summed E-state index contributed by atoms with van der Waals surface area (Å²) in [7, 11) is 0. The van der Waals surface area contributed by atoms with Crippen molar-refractivity contribution >= 4 is 17.6 Å². The van der Waals surface area contributed by atoms with Gasteiger partial charge in [-0.05, 0) is 23.9 Å². The predicted molar refractivity (Wildman–Crippen MR) is 48.1 cm³/mol. The zero-order valence-corrected chi connectivity index (χ0v) is 6.87. The van der Waals surface area contributed by atoms with Gasteiger partial charge in [0.1, 0.15) is 0 Å². The van der Waals surface area contributed by atoms with Crippen LogP contribution in [-0.4, -0.2) is 5.87 Å². The van der Waals surface area contributed by atoms with Gasteiger partial charge in [-0.3, -0.25) is 0 Å². The summed E-state index contributed by atoms with van der Waals surface area (Å²) in [6.45, 7) is 2.11. The largest absolute Gasteiger partial charge is 0.463 e. The molecule has 0 aromatic carbocycles. The number of hydrogen-bond acceptors (Lipinski definition) is 2. The average Bonchev–Trinajstić information content (AvgIpc) is 2.46. The molecule has 0 fully saturated rings. The van der Waals surface area contributed by atoms with Crippen molar-refractivity contribution in [1.82, 2.24) is 0 Å². The zero-order valence-electron chi connectivity index (χ0n) is 6.87. The second kappa shape index (κ2) is 2.84. The van der Waals surface area contributed by atoms with Crippen LogP contribution in [0.2, 0.25) is 0 Å². The van der Waals surface area contributed by atoms with E-state index in [4.69, 9.17) is 4.42 Å². The number of hydrogen-bond donors (Lipinski definition) is 0. The molecule has 0 radical (unpaired) electrons. The number of furan rings is 1. The average molecular weight is 159 g/mol. The summed E-state index contributed by atoms with van der Waals surface area (Å²) in [4.78, 5) is 3.94. The highest BCUT2D eigenvalue weighted by atomic mass is 16.3. The molecule has 0 bridgehead atoms. The standard InChI is InChI=1S/C10H9NO/c1-2-8-3-5-11-7-10-9(8)4-6-12-10/h3-4,6-7H,2H2,1H3. The Morgan fingerprint density at radius 1 is 1.58 bits per heavy atom. The maximum atomic E-state index is 5.24. The molecular formula is C10H9NO. The first-order valence-electron chi connectivity index (χ1n) is 3.97. The highest BCUT2D eigenvalue weighted by molar-refractivity contribution is 5.74. The fraction of sp³-hybridized carbons (Fsp3) is 0.200. The molecule has 0 aliphatic carbocycles. The zero-order chi connectivity index (χ0) is 8.39. The second-order valence-electron chi connectivity index (χ2n) is 2.61. The maximum Gasteiger partial charge on any atom is 0.153 e. The molecule has 1 aliphatic heterocycles. The minimum atomic E-state index is 0.827. The first-order chi connectivity index (χ1) is 5.92. The van der Waals surface area contributed by atoms with E-state index in [9.17, 15) is 0 Å². The molecule has 2 nitrogen and oxygen atoms in total. The molecule has 0 amide bonds. The van der Waals surface area contributed by atoms with E-state index in [-0.39, 0.29) is 0 Å². The maximum absolute atomic E-state index is 5.24. The highest BCUT2D eigenvalue weighted by Crippen LogP contribution is 1.99. The molecule has 60 valence electrons. The lowest BCUT2D eigenvalue weighted by Crippen LogP contribution is -2.20. The van der Waals surface area contributed by atoms with Crippen LogP contribution in [0.15, 0.2) is 27.8 Å². The summed E-state index contributed by atoms with van der Waals surface area (Å²) in [5, 5.41) is 1.13. The normalized spacial score (nSPS) is 13.9. The van der Waals surface area contributed by atoms with Crippen LogP contribution in [-0.2, 0) is 0 Å². The molecular weight excluding hydrogens is 150 g/mol. The van der Waals surface area contributed by atoms with Gasteiger partial charge in [0.25, 0.3) is 0 Å². The van der Waals surface area contributed by atoms with Crippen molar-refractivity contribution in [1.29, 1.82) is 0 Å². The third kappa shape index (κ3) is 1.03. The molecule has 2 heteroatoms. The molecule has 0 spiro atoms. The van der Waals surface area contributed by atoms with Crippen LogP contribution in [0.1, 0.15) is 13.3 Å². The van der Waals surface area contributed by atoms with E-state index < -0.39 is 0 Å². The molecule has 0 saturated carbocycles. The van der Waals surface area contributed by atoms with Crippen LogP contribution in [0.4, 0.5) is 0 Å². The Hall–Kier alpha value is -1.53. The molecule has 2 rings (SSSR count). The van der Waals surface area contributed by atoms with Crippen molar-refractivity contribution in [2.24, 2.45) is 4.99 Å². The van der Waals surface area contributed by atoms with E-state index in [1.807, 2.05) is 12.1 Å². The van der Waals surface area contributed by atoms with Gasteiger partial charge in [0, 0.05) is 11.3 Å². The van der Waals surface area contributed by atoms with E-state index >= 15 is 0 Å². The molecule has 0 atom stereocenters. The quantitative estimate of drug-likeness (QED) is 0.595. The summed E-state index contributed by atoms with van der Waals surface area (Å²) in [6.07, 6.45) is 6.25. The monoisotopic (exact) mass is 159 g/mol. The van der Waals surface area contributed by atoms with E-state index in [1.165, 1.54) is 5.57 Å². The van der Waals surface area contributed by atoms with Crippen LogP contribution in [0.25, 0.3) is 11.8 Å². The Balaban J connectivity index is 2.88. The Labute approximate surface area is 70.2 Å².